The van der Waals surface area contributed by atoms with Crippen LogP contribution in [0.25, 0.3) is 0 Å². The number of hydrogen-bond acceptors (Lipinski definition) is 5. The largest absolute Gasteiger partial charge is 0.346 e. The van der Waals surface area contributed by atoms with Gasteiger partial charge in [0.05, 0.1) is 11.7 Å². The SMILES string of the molecule is Cc1cccc(CN2CCc3nnc(C(C)NC(=O)C4CC4)n3CC2)n1. The van der Waals surface area contributed by atoms with Crippen LogP contribution in [-0.4, -0.2) is 43.6 Å². The maximum Gasteiger partial charge on any atom is 0.223 e. The van der Waals surface area contributed by atoms with Crippen LogP contribution >= 0.6 is 0 Å². The van der Waals surface area contributed by atoms with Crippen molar-refractivity contribution < 1.29 is 4.79 Å². The number of hydrogen-bond donors (Lipinski definition) is 1. The highest BCUT2D eigenvalue weighted by Gasteiger charge is 2.31. The van der Waals surface area contributed by atoms with Crippen LogP contribution in [0, 0.1) is 12.8 Å². The molecule has 2 aliphatic rings. The lowest BCUT2D eigenvalue weighted by atomic mass is 10.2. The fourth-order valence-corrected chi connectivity index (χ4v) is 3.53. The zero-order chi connectivity index (χ0) is 18.1. The van der Waals surface area contributed by atoms with E-state index in [4.69, 9.17) is 0 Å². The van der Waals surface area contributed by atoms with E-state index < -0.39 is 0 Å². The molecule has 1 fully saturated rings. The van der Waals surface area contributed by atoms with Gasteiger partial charge in [-0.3, -0.25) is 14.7 Å². The van der Waals surface area contributed by atoms with Crippen molar-refractivity contribution in [2.45, 2.75) is 52.2 Å². The molecule has 3 heterocycles. The van der Waals surface area contributed by atoms with Gasteiger partial charge in [0.25, 0.3) is 0 Å². The summed E-state index contributed by atoms with van der Waals surface area (Å²) in [4.78, 5) is 19.1. The first-order chi connectivity index (χ1) is 12.6. The third-order valence-electron chi connectivity index (χ3n) is 5.17. The minimum atomic E-state index is -0.102. The molecule has 0 saturated heterocycles. The Morgan fingerprint density at radius 2 is 2.12 bits per heavy atom. The number of carbonyl (C=O) groups excluding carboxylic acids is 1. The Morgan fingerprint density at radius 3 is 2.88 bits per heavy atom. The van der Waals surface area contributed by atoms with Crippen LogP contribution in [0.5, 0.6) is 0 Å². The van der Waals surface area contributed by atoms with Crippen molar-refractivity contribution in [2.75, 3.05) is 13.1 Å². The lowest BCUT2D eigenvalue weighted by molar-refractivity contribution is -0.123. The summed E-state index contributed by atoms with van der Waals surface area (Å²) in [5.74, 6) is 2.23. The summed E-state index contributed by atoms with van der Waals surface area (Å²) in [6.45, 7) is 7.58. The predicted molar refractivity (Wildman–Crippen MR) is 97.3 cm³/mol. The molecule has 0 bridgehead atoms. The molecule has 1 unspecified atom stereocenters. The van der Waals surface area contributed by atoms with Gasteiger partial charge < -0.3 is 9.88 Å². The molecular formula is C19H26N6O. The number of fused-ring (bicyclic) bond motifs is 1. The van der Waals surface area contributed by atoms with Crippen molar-refractivity contribution in [3.05, 3.63) is 41.2 Å². The Labute approximate surface area is 153 Å². The van der Waals surface area contributed by atoms with Gasteiger partial charge in [0.1, 0.15) is 5.82 Å². The monoisotopic (exact) mass is 354 g/mol. The van der Waals surface area contributed by atoms with Crippen LogP contribution in [0.1, 0.15) is 48.8 Å². The Kier molecular flexibility index (Phi) is 4.72. The van der Waals surface area contributed by atoms with Crippen molar-refractivity contribution in [2.24, 2.45) is 5.92 Å². The quantitative estimate of drug-likeness (QED) is 0.883. The highest BCUT2D eigenvalue weighted by Crippen LogP contribution is 2.29. The lowest BCUT2D eigenvalue weighted by Gasteiger charge is -2.20. The molecule has 138 valence electrons. The molecule has 1 saturated carbocycles. The summed E-state index contributed by atoms with van der Waals surface area (Å²) in [6, 6.07) is 6.07. The first kappa shape index (κ1) is 17.1. The molecule has 1 atom stereocenters. The second kappa shape index (κ2) is 7.15. The van der Waals surface area contributed by atoms with Gasteiger partial charge >= 0.3 is 0 Å². The summed E-state index contributed by atoms with van der Waals surface area (Å²) in [5.41, 5.74) is 2.16. The molecule has 0 radical (unpaired) electrons. The smallest absolute Gasteiger partial charge is 0.223 e. The van der Waals surface area contributed by atoms with E-state index in [2.05, 4.69) is 42.1 Å². The van der Waals surface area contributed by atoms with Crippen molar-refractivity contribution in [1.29, 1.82) is 0 Å². The van der Waals surface area contributed by atoms with Crippen LogP contribution in [0.15, 0.2) is 18.2 Å². The van der Waals surface area contributed by atoms with E-state index in [0.717, 1.165) is 68.5 Å². The number of carbonyl (C=O) groups is 1. The van der Waals surface area contributed by atoms with E-state index in [0.29, 0.717) is 0 Å². The van der Waals surface area contributed by atoms with Crippen LogP contribution < -0.4 is 5.32 Å². The highest BCUT2D eigenvalue weighted by molar-refractivity contribution is 5.81. The molecule has 1 aliphatic carbocycles. The van der Waals surface area contributed by atoms with Crippen LogP contribution in [0.3, 0.4) is 0 Å². The summed E-state index contributed by atoms with van der Waals surface area (Å²) < 4.78 is 2.18. The van der Waals surface area contributed by atoms with Crippen molar-refractivity contribution >= 4 is 5.91 Å². The Morgan fingerprint density at radius 1 is 1.27 bits per heavy atom. The van der Waals surface area contributed by atoms with E-state index >= 15 is 0 Å². The average Bonchev–Trinajstić information content (AvgIpc) is 3.41. The van der Waals surface area contributed by atoms with Gasteiger partial charge in [-0.25, -0.2) is 0 Å². The minimum Gasteiger partial charge on any atom is -0.346 e. The summed E-state index contributed by atoms with van der Waals surface area (Å²) in [6.07, 6.45) is 2.89. The van der Waals surface area contributed by atoms with Gasteiger partial charge in [-0.1, -0.05) is 6.07 Å². The average molecular weight is 354 g/mol. The van der Waals surface area contributed by atoms with E-state index in [1.165, 1.54) is 0 Å². The molecule has 2 aromatic heterocycles. The van der Waals surface area contributed by atoms with Gasteiger partial charge in [0, 0.05) is 44.2 Å². The molecule has 1 amide bonds. The third-order valence-corrected chi connectivity index (χ3v) is 5.17. The molecule has 26 heavy (non-hydrogen) atoms. The molecule has 2 aromatic rings. The standard InChI is InChI=1S/C19H26N6O/c1-13-4-3-5-16(20-13)12-24-9-8-17-22-23-18(25(17)11-10-24)14(2)21-19(26)15-6-7-15/h3-5,14-15H,6-12H2,1-2H3,(H,21,26). The summed E-state index contributed by atoms with van der Waals surface area (Å²) in [7, 11) is 0. The molecule has 4 rings (SSSR count). The number of rotatable bonds is 5. The Bertz CT molecular complexity index is 797. The zero-order valence-electron chi connectivity index (χ0n) is 15.5. The van der Waals surface area contributed by atoms with Gasteiger partial charge in [-0.05, 0) is 38.8 Å². The first-order valence-corrected chi connectivity index (χ1v) is 9.47. The summed E-state index contributed by atoms with van der Waals surface area (Å²) >= 11 is 0. The second-order valence-corrected chi connectivity index (χ2v) is 7.43. The third kappa shape index (κ3) is 3.77. The van der Waals surface area contributed by atoms with Gasteiger partial charge in [0.15, 0.2) is 5.82 Å². The highest BCUT2D eigenvalue weighted by atomic mass is 16.2. The fraction of sp³-hybridized carbons (Fsp3) is 0.579. The molecule has 1 aliphatic heterocycles. The topological polar surface area (TPSA) is 75.9 Å². The minimum absolute atomic E-state index is 0.102. The maximum atomic E-state index is 12.0. The van der Waals surface area contributed by atoms with E-state index in [1.54, 1.807) is 0 Å². The maximum absolute atomic E-state index is 12.0. The first-order valence-electron chi connectivity index (χ1n) is 9.47. The van der Waals surface area contributed by atoms with Crippen molar-refractivity contribution in [1.82, 2.24) is 30.0 Å². The predicted octanol–water partition coefficient (Wildman–Crippen LogP) is 1.63. The van der Waals surface area contributed by atoms with Crippen molar-refractivity contribution in [3.63, 3.8) is 0 Å². The van der Waals surface area contributed by atoms with Gasteiger partial charge in [-0.15, -0.1) is 10.2 Å². The van der Waals surface area contributed by atoms with Gasteiger partial charge in [0.2, 0.25) is 5.91 Å². The summed E-state index contributed by atoms with van der Waals surface area (Å²) in [5, 5.41) is 11.8. The Balaban J connectivity index is 1.41. The number of amides is 1. The number of aryl methyl sites for hydroxylation is 1. The number of nitrogens with one attached hydrogen (secondary N) is 1. The van der Waals surface area contributed by atoms with E-state index in [1.807, 2.05) is 19.9 Å². The lowest BCUT2D eigenvalue weighted by Crippen LogP contribution is -2.31. The molecule has 0 spiro atoms. The second-order valence-electron chi connectivity index (χ2n) is 7.43. The normalized spacial score (nSPS) is 18.8. The molecular weight excluding hydrogens is 328 g/mol. The zero-order valence-corrected chi connectivity index (χ0v) is 15.5. The molecule has 7 nitrogen and oxygen atoms in total. The molecule has 0 aromatic carbocycles. The number of nitrogens with zero attached hydrogens (tertiary/aromatic N) is 5. The van der Waals surface area contributed by atoms with E-state index in [-0.39, 0.29) is 17.9 Å². The fourth-order valence-electron chi connectivity index (χ4n) is 3.53. The van der Waals surface area contributed by atoms with Crippen LogP contribution in [0.2, 0.25) is 0 Å². The van der Waals surface area contributed by atoms with Crippen molar-refractivity contribution in [3.8, 4) is 0 Å². The van der Waals surface area contributed by atoms with Gasteiger partial charge in [-0.2, -0.15) is 0 Å². The molecule has 7 heteroatoms. The Hall–Kier alpha value is -2.28. The van der Waals surface area contributed by atoms with Crippen LogP contribution in [-0.2, 0) is 24.3 Å². The van der Waals surface area contributed by atoms with Crippen LogP contribution in [0.4, 0.5) is 0 Å². The number of pyridine rings is 1. The number of aromatic nitrogens is 4. The van der Waals surface area contributed by atoms with E-state index in [9.17, 15) is 4.79 Å². The molecule has 1 N–H and O–H groups in total.